The van der Waals surface area contributed by atoms with Crippen LogP contribution in [-0.2, 0) is 16.0 Å². The second-order valence-corrected chi connectivity index (χ2v) is 5.05. The maximum Gasteiger partial charge on any atom is 0.326 e. The molecule has 0 saturated carbocycles. The van der Waals surface area contributed by atoms with E-state index in [1.54, 1.807) is 6.92 Å². The van der Waals surface area contributed by atoms with E-state index in [0.717, 1.165) is 0 Å². The lowest BCUT2D eigenvalue weighted by atomic mass is 9.99. The molecule has 6 heteroatoms. The van der Waals surface area contributed by atoms with Crippen LogP contribution in [0.3, 0.4) is 0 Å². The molecule has 0 aliphatic carbocycles. The average molecular weight is 302 g/mol. The molecule has 1 amide bonds. The molecule has 0 radical (unpaired) electrons. The molecule has 0 aliphatic rings. The first kappa shape index (κ1) is 16.4. The van der Waals surface area contributed by atoms with Crippen LogP contribution in [0.5, 0.6) is 0 Å². The number of carbonyl (C=O) groups excluding carboxylic acids is 1. The van der Waals surface area contributed by atoms with E-state index >= 15 is 0 Å². The van der Waals surface area contributed by atoms with Crippen LogP contribution in [0.2, 0.25) is 5.02 Å². The van der Waals surface area contributed by atoms with Gasteiger partial charge in [-0.3, -0.25) is 4.79 Å². The number of carboxylic acid groups (broad SMARTS) is 1. The molecule has 0 spiro atoms. The summed E-state index contributed by atoms with van der Waals surface area (Å²) < 4.78 is 13.6. The lowest BCUT2D eigenvalue weighted by molar-refractivity contribution is -0.143. The summed E-state index contributed by atoms with van der Waals surface area (Å²) in [4.78, 5) is 23.0. The fraction of sp³-hybridized carbons (Fsp3) is 0.429. The van der Waals surface area contributed by atoms with Gasteiger partial charge in [0.2, 0.25) is 5.91 Å². The van der Waals surface area contributed by atoms with Crippen LogP contribution in [0, 0.1) is 11.7 Å². The van der Waals surface area contributed by atoms with E-state index in [9.17, 15) is 14.0 Å². The van der Waals surface area contributed by atoms with Gasteiger partial charge in [0, 0.05) is 10.6 Å². The molecule has 1 unspecified atom stereocenters. The van der Waals surface area contributed by atoms with Gasteiger partial charge in [-0.25, -0.2) is 9.18 Å². The Morgan fingerprint density at radius 2 is 2.10 bits per heavy atom. The van der Waals surface area contributed by atoms with E-state index in [0.29, 0.717) is 6.42 Å². The summed E-state index contributed by atoms with van der Waals surface area (Å²) in [5.41, 5.74) is 0.0694. The normalized spacial score (nSPS) is 13.6. The highest BCUT2D eigenvalue weighted by Crippen LogP contribution is 2.19. The van der Waals surface area contributed by atoms with E-state index < -0.39 is 23.7 Å². The molecule has 1 rings (SSSR count). The van der Waals surface area contributed by atoms with Crippen molar-refractivity contribution in [3.63, 3.8) is 0 Å². The molecule has 2 atom stereocenters. The summed E-state index contributed by atoms with van der Waals surface area (Å²) in [5, 5.41) is 11.6. The molecule has 0 bridgehead atoms. The lowest BCUT2D eigenvalue weighted by Gasteiger charge is -2.20. The Balaban J connectivity index is 2.79. The number of rotatable bonds is 6. The molecule has 110 valence electrons. The van der Waals surface area contributed by atoms with Gasteiger partial charge < -0.3 is 10.4 Å². The van der Waals surface area contributed by atoms with Crippen molar-refractivity contribution < 1.29 is 19.1 Å². The summed E-state index contributed by atoms with van der Waals surface area (Å²) in [7, 11) is 0. The summed E-state index contributed by atoms with van der Waals surface area (Å²) >= 11 is 5.83. The molecule has 0 aromatic heterocycles. The van der Waals surface area contributed by atoms with Gasteiger partial charge in [-0.2, -0.15) is 0 Å². The van der Waals surface area contributed by atoms with E-state index in [1.807, 2.05) is 6.92 Å². The van der Waals surface area contributed by atoms with Crippen LogP contribution >= 0.6 is 11.6 Å². The number of halogens is 2. The number of amides is 1. The highest BCUT2D eigenvalue weighted by Gasteiger charge is 2.25. The highest BCUT2D eigenvalue weighted by atomic mass is 35.5. The van der Waals surface area contributed by atoms with Gasteiger partial charge in [-0.05, 0) is 18.1 Å². The molecule has 0 heterocycles. The highest BCUT2D eigenvalue weighted by molar-refractivity contribution is 6.31. The smallest absolute Gasteiger partial charge is 0.326 e. The van der Waals surface area contributed by atoms with Gasteiger partial charge in [0.05, 0.1) is 6.42 Å². The second kappa shape index (κ2) is 7.24. The van der Waals surface area contributed by atoms with Crippen molar-refractivity contribution in [3.8, 4) is 0 Å². The molecule has 0 saturated heterocycles. The summed E-state index contributed by atoms with van der Waals surface area (Å²) in [5.74, 6) is -2.47. The number of hydrogen-bond acceptors (Lipinski definition) is 2. The van der Waals surface area contributed by atoms with Crippen LogP contribution in [0.1, 0.15) is 25.8 Å². The van der Waals surface area contributed by atoms with E-state index in [-0.39, 0.29) is 22.9 Å². The van der Waals surface area contributed by atoms with Crippen molar-refractivity contribution in [2.24, 2.45) is 5.92 Å². The first-order chi connectivity index (χ1) is 9.36. The predicted octanol–water partition coefficient (Wildman–Crippen LogP) is 2.64. The number of aliphatic carboxylic acids is 1. The average Bonchev–Trinajstić information content (AvgIpc) is 2.39. The molecule has 0 fully saturated rings. The molecule has 2 N–H and O–H groups in total. The van der Waals surface area contributed by atoms with Crippen molar-refractivity contribution >= 4 is 23.5 Å². The molecular formula is C14H17ClFNO3. The standard InChI is InChI=1S/C14H17ClFNO3/c1-3-8(2)13(14(19)20)17-12(18)7-9-10(15)5-4-6-11(9)16/h4-6,8,13H,3,7H2,1-2H3,(H,17,18)(H,19,20)/t8?,13-/m0/s1. The number of benzene rings is 1. The van der Waals surface area contributed by atoms with Crippen LogP contribution in [0.4, 0.5) is 4.39 Å². The van der Waals surface area contributed by atoms with E-state index in [4.69, 9.17) is 16.7 Å². The van der Waals surface area contributed by atoms with Gasteiger partial charge in [0.25, 0.3) is 0 Å². The molecule has 1 aromatic rings. The minimum atomic E-state index is -1.10. The monoisotopic (exact) mass is 301 g/mol. The Morgan fingerprint density at radius 3 is 2.60 bits per heavy atom. The third kappa shape index (κ3) is 4.20. The third-order valence-electron chi connectivity index (χ3n) is 3.19. The minimum absolute atomic E-state index is 0.0694. The maximum absolute atomic E-state index is 13.6. The summed E-state index contributed by atoms with van der Waals surface area (Å²) in [6.45, 7) is 3.57. The topological polar surface area (TPSA) is 66.4 Å². The molecule has 4 nitrogen and oxygen atoms in total. The van der Waals surface area contributed by atoms with E-state index in [2.05, 4.69) is 5.32 Å². The van der Waals surface area contributed by atoms with Crippen LogP contribution in [-0.4, -0.2) is 23.0 Å². The molecular weight excluding hydrogens is 285 g/mol. The zero-order valence-corrected chi connectivity index (χ0v) is 12.1. The Kier molecular flexibility index (Phi) is 5.95. The first-order valence-corrected chi connectivity index (χ1v) is 6.69. The van der Waals surface area contributed by atoms with Crippen molar-refractivity contribution in [2.75, 3.05) is 0 Å². The van der Waals surface area contributed by atoms with E-state index in [1.165, 1.54) is 18.2 Å². The maximum atomic E-state index is 13.6. The quantitative estimate of drug-likeness (QED) is 0.849. The zero-order valence-electron chi connectivity index (χ0n) is 11.3. The largest absolute Gasteiger partial charge is 0.480 e. The first-order valence-electron chi connectivity index (χ1n) is 6.31. The van der Waals surface area contributed by atoms with Crippen molar-refractivity contribution in [1.82, 2.24) is 5.32 Å². The Hall–Kier alpha value is -1.62. The van der Waals surface area contributed by atoms with Gasteiger partial charge in [0.15, 0.2) is 0 Å². The van der Waals surface area contributed by atoms with Gasteiger partial charge >= 0.3 is 5.97 Å². The Morgan fingerprint density at radius 1 is 1.45 bits per heavy atom. The van der Waals surface area contributed by atoms with Crippen molar-refractivity contribution in [1.29, 1.82) is 0 Å². The van der Waals surface area contributed by atoms with Crippen molar-refractivity contribution in [3.05, 3.63) is 34.6 Å². The van der Waals surface area contributed by atoms with Crippen LogP contribution in [0.15, 0.2) is 18.2 Å². The number of hydrogen-bond donors (Lipinski definition) is 2. The van der Waals surface area contributed by atoms with Gasteiger partial charge in [-0.1, -0.05) is 37.9 Å². The molecule has 1 aromatic carbocycles. The number of carbonyl (C=O) groups is 2. The Bertz CT molecular complexity index is 487. The van der Waals surface area contributed by atoms with Gasteiger partial charge in [0.1, 0.15) is 11.9 Å². The number of nitrogens with one attached hydrogen (secondary N) is 1. The third-order valence-corrected chi connectivity index (χ3v) is 3.55. The minimum Gasteiger partial charge on any atom is -0.480 e. The van der Waals surface area contributed by atoms with Crippen LogP contribution < -0.4 is 5.32 Å². The number of carboxylic acids is 1. The fourth-order valence-corrected chi connectivity index (χ4v) is 2.00. The zero-order chi connectivity index (χ0) is 15.3. The Labute approximate surface area is 121 Å². The predicted molar refractivity (Wildman–Crippen MR) is 74.1 cm³/mol. The molecule has 20 heavy (non-hydrogen) atoms. The summed E-state index contributed by atoms with van der Waals surface area (Å²) in [6, 6.07) is 3.14. The lowest BCUT2D eigenvalue weighted by Crippen LogP contribution is -2.45. The second-order valence-electron chi connectivity index (χ2n) is 4.65. The summed E-state index contributed by atoms with van der Waals surface area (Å²) in [6.07, 6.45) is 0.323. The molecule has 0 aliphatic heterocycles. The van der Waals surface area contributed by atoms with Gasteiger partial charge in [-0.15, -0.1) is 0 Å². The fourth-order valence-electron chi connectivity index (χ4n) is 1.77. The SMILES string of the molecule is CCC(C)[C@H](NC(=O)Cc1c(F)cccc1Cl)C(=O)O. The van der Waals surface area contributed by atoms with Crippen LogP contribution in [0.25, 0.3) is 0 Å². The van der Waals surface area contributed by atoms with Crippen molar-refractivity contribution in [2.45, 2.75) is 32.7 Å².